The van der Waals surface area contributed by atoms with Crippen molar-refractivity contribution in [1.29, 1.82) is 0 Å². The van der Waals surface area contributed by atoms with Crippen LogP contribution in [0, 0.1) is 0 Å². The molecule has 1 aromatic rings. The number of rotatable bonds is 6. The highest BCUT2D eigenvalue weighted by atomic mass is 16.5. The highest BCUT2D eigenvalue weighted by Gasteiger charge is 2.32. The van der Waals surface area contributed by atoms with Crippen LogP contribution in [0.25, 0.3) is 0 Å². The average molecular weight is 363 g/mol. The predicted octanol–water partition coefficient (Wildman–Crippen LogP) is 0.801. The third-order valence-corrected chi connectivity index (χ3v) is 3.81. The molecular formula is C17H21N3O6. The molecule has 1 aromatic heterocycles. The van der Waals surface area contributed by atoms with E-state index in [0.29, 0.717) is 19.5 Å². The van der Waals surface area contributed by atoms with Crippen LogP contribution in [-0.2, 0) is 19.1 Å². The lowest BCUT2D eigenvalue weighted by Gasteiger charge is -2.27. The zero-order valence-corrected chi connectivity index (χ0v) is 14.8. The maximum absolute atomic E-state index is 12.6. The summed E-state index contributed by atoms with van der Waals surface area (Å²) < 4.78 is 9.38. The number of methoxy groups -OCH3 is 1. The number of carbonyl (C=O) groups is 4. The van der Waals surface area contributed by atoms with Crippen molar-refractivity contribution in [3.8, 4) is 0 Å². The number of pyridine rings is 1. The van der Waals surface area contributed by atoms with E-state index in [9.17, 15) is 19.2 Å². The minimum absolute atomic E-state index is 0.0304. The van der Waals surface area contributed by atoms with Crippen molar-refractivity contribution in [2.24, 2.45) is 0 Å². The third-order valence-electron chi connectivity index (χ3n) is 3.81. The third kappa shape index (κ3) is 4.56. The molecule has 140 valence electrons. The van der Waals surface area contributed by atoms with Crippen molar-refractivity contribution < 1.29 is 28.7 Å². The van der Waals surface area contributed by atoms with Crippen LogP contribution in [0.4, 0.5) is 0 Å². The second kappa shape index (κ2) is 8.93. The van der Waals surface area contributed by atoms with Crippen molar-refractivity contribution in [2.45, 2.75) is 26.2 Å². The van der Waals surface area contributed by atoms with Crippen molar-refractivity contribution >= 4 is 23.8 Å². The van der Waals surface area contributed by atoms with Crippen molar-refractivity contribution in [3.05, 3.63) is 29.6 Å². The fourth-order valence-electron chi connectivity index (χ4n) is 2.54. The van der Waals surface area contributed by atoms with Gasteiger partial charge in [-0.2, -0.15) is 0 Å². The first-order chi connectivity index (χ1) is 12.5. The molecule has 1 aliphatic rings. The molecule has 1 saturated heterocycles. The van der Waals surface area contributed by atoms with Crippen molar-refractivity contribution in [2.75, 3.05) is 26.8 Å². The zero-order valence-electron chi connectivity index (χ0n) is 14.8. The van der Waals surface area contributed by atoms with Gasteiger partial charge in [0.2, 0.25) is 5.91 Å². The van der Waals surface area contributed by atoms with Crippen LogP contribution >= 0.6 is 0 Å². The number of ether oxygens (including phenoxy) is 2. The van der Waals surface area contributed by atoms with E-state index in [1.54, 1.807) is 6.92 Å². The average Bonchev–Trinajstić information content (AvgIpc) is 3.15. The first kappa shape index (κ1) is 19.4. The first-order valence-corrected chi connectivity index (χ1v) is 8.30. The van der Waals surface area contributed by atoms with Crippen LogP contribution in [0.15, 0.2) is 18.3 Å². The fraction of sp³-hybridized carbons (Fsp3) is 0.471. The van der Waals surface area contributed by atoms with Gasteiger partial charge < -0.3 is 9.47 Å². The molecule has 0 bridgehead atoms. The highest BCUT2D eigenvalue weighted by molar-refractivity contribution is 5.95. The number of aromatic nitrogens is 1. The van der Waals surface area contributed by atoms with E-state index in [2.05, 4.69) is 9.72 Å². The molecule has 0 aromatic carbocycles. The van der Waals surface area contributed by atoms with Gasteiger partial charge >= 0.3 is 11.9 Å². The largest absolute Gasteiger partial charge is 0.466 e. The second-order valence-electron chi connectivity index (χ2n) is 5.53. The summed E-state index contributed by atoms with van der Waals surface area (Å²) in [7, 11) is 1.26. The minimum Gasteiger partial charge on any atom is -0.466 e. The summed E-state index contributed by atoms with van der Waals surface area (Å²) >= 11 is 0. The topological polar surface area (TPSA) is 106 Å². The number of carbonyl (C=O) groups excluding carboxylic acids is 4. The Morgan fingerprint density at radius 3 is 2.46 bits per heavy atom. The summed E-state index contributed by atoms with van der Waals surface area (Å²) in [4.78, 5) is 51.7. The lowest BCUT2D eigenvalue weighted by atomic mass is 10.2. The van der Waals surface area contributed by atoms with Crippen molar-refractivity contribution in [1.82, 2.24) is 15.0 Å². The van der Waals surface area contributed by atoms with E-state index >= 15 is 0 Å². The Balaban J connectivity index is 2.02. The Kier molecular flexibility index (Phi) is 6.65. The minimum atomic E-state index is -0.548. The molecule has 0 unspecified atom stereocenters. The Labute approximate surface area is 150 Å². The molecular weight excluding hydrogens is 342 g/mol. The standard InChI is InChI=1S/C17H21N3O6/c1-3-26-15(22)8-7-14(21)19-9-4-10-20(19)16(23)13-6-5-12(11-18-13)17(24)25-2/h5-6,11H,3-4,7-10H2,1-2H3. The summed E-state index contributed by atoms with van der Waals surface area (Å²) in [6.45, 7) is 2.73. The Morgan fingerprint density at radius 1 is 1.12 bits per heavy atom. The molecule has 2 amide bonds. The number of esters is 2. The summed E-state index contributed by atoms with van der Waals surface area (Å²) in [5, 5.41) is 2.64. The van der Waals surface area contributed by atoms with Gasteiger partial charge in [-0.25, -0.2) is 9.80 Å². The zero-order chi connectivity index (χ0) is 19.1. The molecule has 0 radical (unpaired) electrons. The SMILES string of the molecule is CCOC(=O)CCC(=O)N1CCCN1C(=O)c1ccc(C(=O)OC)cn1. The van der Waals surface area contributed by atoms with Gasteiger partial charge in [-0.05, 0) is 25.5 Å². The lowest BCUT2D eigenvalue weighted by molar-refractivity contribution is -0.148. The van der Waals surface area contributed by atoms with E-state index in [1.807, 2.05) is 0 Å². The molecule has 1 aliphatic heterocycles. The molecule has 2 heterocycles. The van der Waals surface area contributed by atoms with Gasteiger partial charge in [-0.1, -0.05) is 0 Å². The molecule has 0 spiro atoms. The van der Waals surface area contributed by atoms with Crippen LogP contribution in [0.2, 0.25) is 0 Å². The molecule has 2 rings (SSSR count). The van der Waals surface area contributed by atoms with Gasteiger partial charge in [0.15, 0.2) is 0 Å². The van der Waals surface area contributed by atoms with Gasteiger partial charge in [0.1, 0.15) is 5.69 Å². The summed E-state index contributed by atoms with van der Waals surface area (Å²) in [5.74, 6) is -1.76. The molecule has 0 saturated carbocycles. The highest BCUT2D eigenvalue weighted by Crippen LogP contribution is 2.16. The quantitative estimate of drug-likeness (QED) is 0.688. The Morgan fingerprint density at radius 2 is 1.85 bits per heavy atom. The Bertz CT molecular complexity index is 688. The molecule has 9 nitrogen and oxygen atoms in total. The molecule has 26 heavy (non-hydrogen) atoms. The maximum atomic E-state index is 12.6. The van der Waals surface area contributed by atoms with Crippen LogP contribution in [-0.4, -0.2) is 65.6 Å². The number of hydrogen-bond acceptors (Lipinski definition) is 7. The number of hydrogen-bond donors (Lipinski definition) is 0. The van der Waals surface area contributed by atoms with E-state index in [4.69, 9.17) is 4.74 Å². The fourth-order valence-corrected chi connectivity index (χ4v) is 2.54. The van der Waals surface area contributed by atoms with Gasteiger partial charge in [0, 0.05) is 25.7 Å². The van der Waals surface area contributed by atoms with Gasteiger partial charge in [-0.15, -0.1) is 0 Å². The van der Waals surface area contributed by atoms with E-state index in [1.165, 1.54) is 35.5 Å². The molecule has 1 fully saturated rings. The maximum Gasteiger partial charge on any atom is 0.339 e. The molecule has 0 N–H and O–H groups in total. The van der Waals surface area contributed by atoms with Crippen LogP contribution in [0.1, 0.15) is 47.0 Å². The first-order valence-electron chi connectivity index (χ1n) is 8.30. The monoisotopic (exact) mass is 363 g/mol. The smallest absolute Gasteiger partial charge is 0.339 e. The molecule has 9 heteroatoms. The van der Waals surface area contributed by atoms with Gasteiger partial charge in [0.25, 0.3) is 5.91 Å². The lowest BCUT2D eigenvalue weighted by Crippen LogP contribution is -2.45. The van der Waals surface area contributed by atoms with Crippen molar-refractivity contribution in [3.63, 3.8) is 0 Å². The van der Waals surface area contributed by atoms with E-state index < -0.39 is 17.8 Å². The summed E-state index contributed by atoms with van der Waals surface area (Å²) in [6, 6.07) is 2.85. The summed E-state index contributed by atoms with van der Waals surface area (Å²) in [6.07, 6.45) is 1.83. The van der Waals surface area contributed by atoms with Crippen LogP contribution < -0.4 is 0 Å². The van der Waals surface area contributed by atoms with Crippen LogP contribution in [0.3, 0.4) is 0 Å². The van der Waals surface area contributed by atoms with Crippen LogP contribution in [0.5, 0.6) is 0 Å². The van der Waals surface area contributed by atoms with Gasteiger partial charge in [0.05, 0.1) is 25.7 Å². The van der Waals surface area contributed by atoms with E-state index in [-0.39, 0.29) is 36.6 Å². The van der Waals surface area contributed by atoms with E-state index in [0.717, 1.165) is 0 Å². The predicted molar refractivity (Wildman–Crippen MR) is 88.8 cm³/mol. The Hall–Kier alpha value is -2.97. The number of hydrazine groups is 1. The van der Waals surface area contributed by atoms with Gasteiger partial charge in [-0.3, -0.25) is 24.4 Å². The molecule has 0 atom stereocenters. The molecule has 0 aliphatic carbocycles. The normalized spacial score (nSPS) is 13.5. The number of nitrogens with zero attached hydrogens (tertiary/aromatic N) is 3. The number of amides is 2. The second-order valence-corrected chi connectivity index (χ2v) is 5.53. The summed E-state index contributed by atoms with van der Waals surface area (Å²) in [5.41, 5.74) is 0.343.